The second-order valence-electron chi connectivity index (χ2n) is 4.09. The lowest BCUT2D eigenvalue weighted by atomic mass is 10.1. The lowest BCUT2D eigenvalue weighted by molar-refractivity contribution is 0.482. The zero-order valence-electron chi connectivity index (χ0n) is 10.0. The van der Waals surface area contributed by atoms with E-state index in [0.717, 1.165) is 17.1 Å². The molecule has 0 aliphatic carbocycles. The first kappa shape index (κ1) is 11.3. The third-order valence-corrected chi connectivity index (χ3v) is 2.45. The molecule has 0 heterocycles. The summed E-state index contributed by atoms with van der Waals surface area (Å²) in [5.74, 6) is 4.24. The molecule has 0 unspecified atom stereocenters. The van der Waals surface area contributed by atoms with Gasteiger partial charge in [0.15, 0.2) is 0 Å². The molecule has 84 valence electrons. The highest BCUT2D eigenvalue weighted by Gasteiger charge is 1.99. The predicted molar refractivity (Wildman–Crippen MR) is 70.4 cm³/mol. The molecule has 1 nitrogen and oxygen atoms in total. The van der Waals surface area contributed by atoms with Crippen LogP contribution in [0.5, 0.6) is 11.5 Å². The molecule has 0 spiro atoms. The number of hydrogen-bond acceptors (Lipinski definition) is 1. The van der Waals surface area contributed by atoms with Crippen LogP contribution in [0.2, 0.25) is 0 Å². The van der Waals surface area contributed by atoms with Crippen molar-refractivity contribution < 1.29 is 4.74 Å². The SMILES string of the molecule is C#Cc1ccc(Oc2cc(C)cc(C)c2)cc1. The molecule has 2 aromatic carbocycles. The maximum absolute atomic E-state index is 5.77. The number of ether oxygens (including phenoxy) is 1. The van der Waals surface area contributed by atoms with Crippen LogP contribution in [0.1, 0.15) is 16.7 Å². The van der Waals surface area contributed by atoms with E-state index in [1.54, 1.807) is 0 Å². The Morgan fingerprint density at radius 2 is 1.47 bits per heavy atom. The van der Waals surface area contributed by atoms with Gasteiger partial charge in [-0.25, -0.2) is 0 Å². The van der Waals surface area contributed by atoms with E-state index in [-0.39, 0.29) is 0 Å². The molecule has 0 fully saturated rings. The molecule has 1 heteroatoms. The van der Waals surface area contributed by atoms with E-state index in [1.165, 1.54) is 11.1 Å². The Labute approximate surface area is 102 Å². The minimum Gasteiger partial charge on any atom is -0.457 e. The highest BCUT2D eigenvalue weighted by molar-refractivity contribution is 5.40. The molecule has 0 saturated carbocycles. The summed E-state index contributed by atoms with van der Waals surface area (Å²) < 4.78 is 5.77. The van der Waals surface area contributed by atoms with E-state index >= 15 is 0 Å². The maximum Gasteiger partial charge on any atom is 0.127 e. The highest BCUT2D eigenvalue weighted by Crippen LogP contribution is 2.23. The largest absolute Gasteiger partial charge is 0.457 e. The first-order valence-corrected chi connectivity index (χ1v) is 5.50. The van der Waals surface area contributed by atoms with Gasteiger partial charge in [-0.05, 0) is 61.4 Å². The second-order valence-corrected chi connectivity index (χ2v) is 4.09. The topological polar surface area (TPSA) is 9.23 Å². The Bertz CT molecular complexity index is 539. The minimum atomic E-state index is 0.800. The van der Waals surface area contributed by atoms with E-state index in [9.17, 15) is 0 Å². The van der Waals surface area contributed by atoms with E-state index in [1.807, 2.05) is 36.4 Å². The van der Waals surface area contributed by atoms with Gasteiger partial charge in [0, 0.05) is 5.56 Å². The molecule has 0 N–H and O–H groups in total. The molecule has 0 amide bonds. The van der Waals surface area contributed by atoms with Crippen LogP contribution in [0.25, 0.3) is 0 Å². The van der Waals surface area contributed by atoms with Crippen LogP contribution in [0.4, 0.5) is 0 Å². The van der Waals surface area contributed by atoms with Crippen molar-refractivity contribution in [1.82, 2.24) is 0 Å². The number of hydrogen-bond donors (Lipinski definition) is 0. The quantitative estimate of drug-likeness (QED) is 0.696. The summed E-state index contributed by atoms with van der Waals surface area (Å²) in [4.78, 5) is 0. The van der Waals surface area contributed by atoms with Crippen molar-refractivity contribution in [3.05, 3.63) is 59.2 Å². The van der Waals surface area contributed by atoms with Crippen molar-refractivity contribution >= 4 is 0 Å². The summed E-state index contributed by atoms with van der Waals surface area (Å²) in [6.07, 6.45) is 5.30. The van der Waals surface area contributed by atoms with Gasteiger partial charge in [-0.3, -0.25) is 0 Å². The summed E-state index contributed by atoms with van der Waals surface area (Å²) in [5, 5.41) is 0. The molecule has 2 rings (SSSR count). The standard InChI is InChI=1S/C16H14O/c1-4-14-5-7-15(8-6-14)17-16-10-12(2)9-13(3)11-16/h1,5-11H,2-3H3. The van der Waals surface area contributed by atoms with Crippen LogP contribution in [-0.2, 0) is 0 Å². The molecule has 0 radical (unpaired) electrons. The molecule has 0 aliphatic heterocycles. The fraction of sp³-hybridized carbons (Fsp3) is 0.125. The predicted octanol–water partition coefficient (Wildman–Crippen LogP) is 4.08. The third-order valence-electron chi connectivity index (χ3n) is 2.45. The molecular weight excluding hydrogens is 208 g/mol. The lowest BCUT2D eigenvalue weighted by Gasteiger charge is -2.07. The fourth-order valence-corrected chi connectivity index (χ4v) is 1.75. The van der Waals surface area contributed by atoms with Crippen LogP contribution >= 0.6 is 0 Å². The number of aryl methyl sites for hydroxylation is 2. The number of rotatable bonds is 2. The molecule has 0 bridgehead atoms. The zero-order valence-corrected chi connectivity index (χ0v) is 10.0. The summed E-state index contributed by atoms with van der Waals surface area (Å²) >= 11 is 0. The molecule has 0 aromatic heterocycles. The summed E-state index contributed by atoms with van der Waals surface area (Å²) in [7, 11) is 0. The van der Waals surface area contributed by atoms with Gasteiger partial charge in [-0.1, -0.05) is 12.0 Å². The normalized spacial score (nSPS) is 9.71. The van der Waals surface area contributed by atoms with Crippen LogP contribution in [0.15, 0.2) is 42.5 Å². The third kappa shape index (κ3) is 2.89. The van der Waals surface area contributed by atoms with Gasteiger partial charge in [0.05, 0.1) is 0 Å². The molecular formula is C16H14O. The highest BCUT2D eigenvalue weighted by atomic mass is 16.5. The molecule has 0 saturated heterocycles. The number of terminal acetylenes is 1. The molecule has 2 aromatic rings. The van der Waals surface area contributed by atoms with Gasteiger partial charge in [-0.2, -0.15) is 0 Å². The molecule has 0 atom stereocenters. The van der Waals surface area contributed by atoms with E-state index in [4.69, 9.17) is 11.2 Å². The summed E-state index contributed by atoms with van der Waals surface area (Å²) in [6, 6.07) is 13.7. The number of benzene rings is 2. The minimum absolute atomic E-state index is 0.800. The van der Waals surface area contributed by atoms with Crippen molar-refractivity contribution in [2.45, 2.75) is 13.8 Å². The van der Waals surface area contributed by atoms with Gasteiger partial charge in [-0.15, -0.1) is 6.42 Å². The maximum atomic E-state index is 5.77. The summed E-state index contributed by atoms with van der Waals surface area (Å²) in [6.45, 7) is 4.11. The van der Waals surface area contributed by atoms with Crippen molar-refractivity contribution in [3.63, 3.8) is 0 Å². The Morgan fingerprint density at radius 1 is 0.882 bits per heavy atom. The van der Waals surface area contributed by atoms with Crippen LogP contribution in [-0.4, -0.2) is 0 Å². The van der Waals surface area contributed by atoms with E-state index in [0.29, 0.717) is 0 Å². The van der Waals surface area contributed by atoms with E-state index in [2.05, 4.69) is 25.8 Å². The van der Waals surface area contributed by atoms with Crippen molar-refractivity contribution in [2.75, 3.05) is 0 Å². The van der Waals surface area contributed by atoms with Crippen LogP contribution in [0.3, 0.4) is 0 Å². The van der Waals surface area contributed by atoms with Gasteiger partial charge < -0.3 is 4.74 Å². The van der Waals surface area contributed by atoms with Gasteiger partial charge in [0.2, 0.25) is 0 Å². The fourth-order valence-electron chi connectivity index (χ4n) is 1.75. The Hall–Kier alpha value is -2.20. The zero-order chi connectivity index (χ0) is 12.3. The van der Waals surface area contributed by atoms with Crippen molar-refractivity contribution in [2.24, 2.45) is 0 Å². The Balaban J connectivity index is 2.22. The lowest BCUT2D eigenvalue weighted by Crippen LogP contribution is -1.86. The van der Waals surface area contributed by atoms with Gasteiger partial charge in [0.25, 0.3) is 0 Å². The monoisotopic (exact) mass is 222 g/mol. The summed E-state index contributed by atoms with van der Waals surface area (Å²) in [5.41, 5.74) is 3.25. The van der Waals surface area contributed by atoms with E-state index < -0.39 is 0 Å². The van der Waals surface area contributed by atoms with Gasteiger partial charge >= 0.3 is 0 Å². The van der Waals surface area contributed by atoms with Crippen molar-refractivity contribution in [3.8, 4) is 23.8 Å². The average molecular weight is 222 g/mol. The molecule has 0 aliphatic rings. The smallest absolute Gasteiger partial charge is 0.127 e. The average Bonchev–Trinajstić information content (AvgIpc) is 2.28. The van der Waals surface area contributed by atoms with Crippen LogP contribution < -0.4 is 4.74 Å². The first-order valence-electron chi connectivity index (χ1n) is 5.50. The first-order chi connectivity index (χ1) is 8.17. The van der Waals surface area contributed by atoms with Crippen molar-refractivity contribution in [1.29, 1.82) is 0 Å². The van der Waals surface area contributed by atoms with Gasteiger partial charge in [0.1, 0.15) is 11.5 Å². The Morgan fingerprint density at radius 3 is 2.00 bits per heavy atom. The molecule has 17 heavy (non-hydrogen) atoms. The Kier molecular flexibility index (Phi) is 3.16. The van der Waals surface area contributed by atoms with Crippen LogP contribution in [0, 0.1) is 26.2 Å². The second kappa shape index (κ2) is 4.76.